The van der Waals surface area contributed by atoms with Gasteiger partial charge in [0.05, 0.1) is 17.9 Å². The van der Waals surface area contributed by atoms with Gasteiger partial charge in [-0.15, -0.1) is 0 Å². The van der Waals surface area contributed by atoms with E-state index in [4.69, 9.17) is 11.2 Å². The van der Waals surface area contributed by atoms with Crippen molar-refractivity contribution in [2.45, 2.75) is 0 Å². The molecule has 1 fully saturated rings. The van der Waals surface area contributed by atoms with Gasteiger partial charge in [0.15, 0.2) is 5.82 Å². The number of aromatic nitrogens is 2. The van der Waals surface area contributed by atoms with Crippen LogP contribution in [0, 0.1) is 5.82 Å². The van der Waals surface area contributed by atoms with Gasteiger partial charge in [-0.1, -0.05) is 0 Å². The number of nitrogens with zero attached hydrogens (tertiary/aromatic N) is 4. The number of hydrogen-bond donors (Lipinski definition) is 1. The highest BCUT2D eigenvalue weighted by atomic mass is 19.1. The van der Waals surface area contributed by atoms with Crippen LogP contribution >= 0.6 is 0 Å². The molecule has 0 bridgehead atoms. The number of nitrogen functional groups attached to an aromatic ring is 1. The molecule has 0 spiro atoms. The highest BCUT2D eigenvalue weighted by molar-refractivity contribution is 5.54. The van der Waals surface area contributed by atoms with Crippen LogP contribution < -0.4 is 15.5 Å². The minimum Gasteiger partial charge on any atom is -0.399 e. The fourth-order valence-electron chi connectivity index (χ4n) is 2.07. The maximum Gasteiger partial charge on any atom is 0.225 e. The molecule has 2 N–H and O–H groups in total. The third-order valence-corrected chi connectivity index (χ3v) is 3.12. The Morgan fingerprint density at radius 1 is 1.00 bits per heavy atom. The number of nitrogens with two attached hydrogens (primary N) is 1. The lowest BCUT2D eigenvalue weighted by molar-refractivity contribution is 0.602. The van der Waals surface area contributed by atoms with E-state index in [0.717, 1.165) is 12.4 Å². The SMILES string of the molecule is [2H]c1c([2H])c(N2CCN(c3ncc(F)cn3)CC2)c([2H])c([2H])c1N. The number of rotatable bonds is 2. The van der Waals surface area contributed by atoms with Crippen LogP contribution in [0.2, 0.25) is 0 Å². The fourth-order valence-corrected chi connectivity index (χ4v) is 2.07. The zero-order valence-corrected chi connectivity index (χ0v) is 10.7. The quantitative estimate of drug-likeness (QED) is 0.844. The van der Waals surface area contributed by atoms with Crippen LogP contribution in [0.4, 0.5) is 21.7 Å². The third kappa shape index (κ3) is 2.64. The Hall–Kier alpha value is -2.37. The minimum atomic E-state index is -0.497. The van der Waals surface area contributed by atoms with Gasteiger partial charge in [-0.3, -0.25) is 0 Å². The molecule has 1 aromatic carbocycles. The van der Waals surface area contributed by atoms with E-state index in [9.17, 15) is 4.39 Å². The molecule has 5 nitrogen and oxygen atoms in total. The number of benzene rings is 1. The van der Waals surface area contributed by atoms with Gasteiger partial charge < -0.3 is 15.5 Å². The molecule has 2 heterocycles. The maximum atomic E-state index is 12.9. The summed E-state index contributed by atoms with van der Waals surface area (Å²) in [6, 6.07) is -0.731. The van der Waals surface area contributed by atoms with E-state index < -0.39 is 5.82 Å². The number of piperazine rings is 1. The van der Waals surface area contributed by atoms with E-state index in [2.05, 4.69) is 9.97 Å². The summed E-state index contributed by atoms with van der Waals surface area (Å²) in [5.74, 6) is -0.0733. The number of halogens is 1. The largest absolute Gasteiger partial charge is 0.399 e. The molecule has 0 aliphatic carbocycles. The first kappa shape index (κ1) is 8.73. The van der Waals surface area contributed by atoms with Crippen LogP contribution in [-0.2, 0) is 0 Å². The standard InChI is InChI=1S/C14H16FN5/c15-11-9-17-14(18-10-11)20-7-5-19(6-8-20)13-3-1-12(16)2-4-13/h1-4,9-10H,5-8,16H2/i1D,2D,3D,4D. The van der Waals surface area contributed by atoms with E-state index >= 15 is 0 Å². The normalized spacial score (nSPS) is 18.2. The van der Waals surface area contributed by atoms with Crippen molar-refractivity contribution in [1.82, 2.24) is 9.97 Å². The third-order valence-electron chi connectivity index (χ3n) is 3.12. The Kier molecular flexibility index (Phi) is 2.32. The van der Waals surface area contributed by atoms with E-state index in [1.54, 1.807) is 4.90 Å². The summed E-state index contributed by atoms with van der Waals surface area (Å²) in [5.41, 5.74) is 5.71. The van der Waals surface area contributed by atoms with Crippen LogP contribution in [0.5, 0.6) is 0 Å². The molecule has 1 saturated heterocycles. The van der Waals surface area contributed by atoms with E-state index in [-0.39, 0.29) is 35.5 Å². The Balaban J connectivity index is 1.81. The Morgan fingerprint density at radius 2 is 1.55 bits per heavy atom. The molecule has 1 aliphatic heterocycles. The molecule has 1 aliphatic rings. The fraction of sp³-hybridized carbons (Fsp3) is 0.286. The van der Waals surface area contributed by atoms with Crippen molar-refractivity contribution >= 4 is 17.3 Å². The maximum absolute atomic E-state index is 12.9. The predicted octanol–water partition coefficient (Wildman–Crippen LogP) is 1.52. The predicted molar refractivity (Wildman–Crippen MR) is 77.3 cm³/mol. The van der Waals surface area contributed by atoms with Gasteiger partial charge in [-0.2, -0.15) is 0 Å². The molecule has 3 rings (SSSR count). The van der Waals surface area contributed by atoms with Crippen molar-refractivity contribution in [3.05, 3.63) is 42.4 Å². The van der Waals surface area contributed by atoms with Crippen molar-refractivity contribution in [3.63, 3.8) is 0 Å². The molecular formula is C14H16FN5. The topological polar surface area (TPSA) is 58.3 Å². The van der Waals surface area contributed by atoms with Crippen LogP contribution in [0.3, 0.4) is 0 Å². The van der Waals surface area contributed by atoms with Crippen molar-refractivity contribution in [1.29, 1.82) is 0 Å². The van der Waals surface area contributed by atoms with Crippen molar-refractivity contribution in [2.75, 3.05) is 41.7 Å². The summed E-state index contributed by atoms with van der Waals surface area (Å²) < 4.78 is 44.7. The second-order valence-electron chi connectivity index (χ2n) is 4.44. The van der Waals surface area contributed by atoms with Crippen LogP contribution in [0.15, 0.2) is 36.6 Å². The van der Waals surface area contributed by atoms with Gasteiger partial charge in [0.2, 0.25) is 5.95 Å². The molecule has 0 unspecified atom stereocenters. The highest BCUT2D eigenvalue weighted by Crippen LogP contribution is 2.19. The van der Waals surface area contributed by atoms with Crippen molar-refractivity contribution in [2.24, 2.45) is 0 Å². The van der Waals surface area contributed by atoms with Crippen LogP contribution in [0.25, 0.3) is 0 Å². The van der Waals surface area contributed by atoms with Gasteiger partial charge in [-0.05, 0) is 24.2 Å². The summed E-state index contributed by atoms with van der Waals surface area (Å²) in [6.07, 6.45) is 2.22. The summed E-state index contributed by atoms with van der Waals surface area (Å²) in [6.45, 7) is 1.99. The molecular weight excluding hydrogens is 257 g/mol. The summed E-state index contributed by atoms with van der Waals surface area (Å²) >= 11 is 0. The lowest BCUT2D eigenvalue weighted by Crippen LogP contribution is -2.47. The van der Waals surface area contributed by atoms with Crippen molar-refractivity contribution < 1.29 is 9.87 Å². The lowest BCUT2D eigenvalue weighted by atomic mass is 10.2. The van der Waals surface area contributed by atoms with Crippen LogP contribution in [-0.4, -0.2) is 36.1 Å². The first-order valence-corrected chi connectivity index (χ1v) is 6.23. The molecule has 20 heavy (non-hydrogen) atoms. The average molecular weight is 277 g/mol. The molecule has 104 valence electrons. The van der Waals surface area contributed by atoms with E-state index in [1.807, 2.05) is 4.90 Å². The Labute approximate surface area is 122 Å². The lowest BCUT2D eigenvalue weighted by Gasteiger charge is -2.36. The van der Waals surface area contributed by atoms with Gasteiger partial charge in [-0.25, -0.2) is 14.4 Å². The Bertz CT molecular complexity index is 734. The molecule has 1 aromatic heterocycles. The highest BCUT2D eigenvalue weighted by Gasteiger charge is 2.19. The molecule has 0 saturated carbocycles. The zero-order valence-electron chi connectivity index (χ0n) is 14.7. The Morgan fingerprint density at radius 3 is 2.15 bits per heavy atom. The zero-order chi connectivity index (χ0) is 17.4. The van der Waals surface area contributed by atoms with Crippen LogP contribution in [0.1, 0.15) is 5.48 Å². The van der Waals surface area contributed by atoms with Gasteiger partial charge in [0, 0.05) is 37.6 Å². The summed E-state index contributed by atoms with van der Waals surface area (Å²) in [5, 5.41) is 0. The molecule has 0 radical (unpaired) electrons. The monoisotopic (exact) mass is 277 g/mol. The van der Waals surface area contributed by atoms with Gasteiger partial charge in [0.25, 0.3) is 0 Å². The second-order valence-corrected chi connectivity index (χ2v) is 4.44. The van der Waals surface area contributed by atoms with E-state index in [1.165, 1.54) is 0 Å². The van der Waals surface area contributed by atoms with Gasteiger partial charge in [0.1, 0.15) is 0 Å². The second kappa shape index (κ2) is 5.32. The smallest absolute Gasteiger partial charge is 0.225 e. The summed E-state index contributed by atoms with van der Waals surface area (Å²) in [4.78, 5) is 11.6. The van der Waals surface area contributed by atoms with Crippen molar-refractivity contribution in [3.8, 4) is 0 Å². The number of hydrogen-bond acceptors (Lipinski definition) is 5. The van der Waals surface area contributed by atoms with Gasteiger partial charge >= 0.3 is 0 Å². The molecule has 6 heteroatoms. The molecule has 0 atom stereocenters. The average Bonchev–Trinajstić information content (AvgIpc) is 2.60. The first-order chi connectivity index (χ1) is 11.4. The minimum absolute atomic E-state index is 0.139. The molecule has 2 aromatic rings. The van der Waals surface area contributed by atoms with E-state index in [0.29, 0.717) is 32.1 Å². The summed E-state index contributed by atoms with van der Waals surface area (Å²) in [7, 11) is 0. The number of anilines is 3. The first-order valence-electron chi connectivity index (χ1n) is 8.23. The molecule has 0 amide bonds.